The Morgan fingerprint density at radius 2 is 0.875 bits per heavy atom. The van der Waals surface area contributed by atoms with Gasteiger partial charge in [0.25, 0.3) is 0 Å². The van der Waals surface area contributed by atoms with Crippen molar-refractivity contribution >= 4 is 56.4 Å². The van der Waals surface area contributed by atoms with Crippen molar-refractivity contribution in [3.8, 4) is 11.5 Å². The van der Waals surface area contributed by atoms with Crippen LogP contribution in [0.25, 0.3) is 0 Å². The fourth-order valence-electron chi connectivity index (χ4n) is 4.07. The molecule has 2 aliphatic heterocycles. The van der Waals surface area contributed by atoms with Crippen LogP contribution >= 0.6 is 23.5 Å². The topological polar surface area (TPSA) is 67.9 Å². The zero-order valence-corrected chi connectivity index (χ0v) is 23.4. The zero-order valence-electron chi connectivity index (χ0n) is 21.8. The predicted octanol–water partition coefficient (Wildman–Crippen LogP) is 8.06. The number of hydrogen-bond acceptors (Lipinski definition) is 8. The number of rotatable bonds is 6. The van der Waals surface area contributed by atoms with Crippen molar-refractivity contribution in [1.82, 2.24) is 0 Å². The van der Waals surface area contributed by atoms with Crippen LogP contribution in [0, 0.1) is 0 Å². The summed E-state index contributed by atoms with van der Waals surface area (Å²) in [5, 5.41) is 3.22. The molecule has 6 rings (SSSR count). The van der Waals surface area contributed by atoms with Gasteiger partial charge in [0, 0.05) is 11.1 Å². The molecule has 40 heavy (non-hydrogen) atoms. The second-order valence-corrected chi connectivity index (χ2v) is 10.7. The highest BCUT2D eigenvalue weighted by atomic mass is 32.2. The van der Waals surface area contributed by atoms with Gasteiger partial charge in [-0.3, -0.25) is 0 Å². The molecule has 0 aromatic heterocycles. The Bertz CT molecular complexity index is 1550. The summed E-state index contributed by atoms with van der Waals surface area (Å²) >= 11 is 3.04. The van der Waals surface area contributed by atoms with Gasteiger partial charge in [-0.2, -0.15) is 0 Å². The summed E-state index contributed by atoms with van der Waals surface area (Å²) in [6, 6.07) is 35.6. The number of ether oxygens (including phenoxy) is 2. The van der Waals surface area contributed by atoms with Crippen LogP contribution in [-0.2, 0) is 0 Å². The lowest BCUT2D eigenvalue weighted by Crippen LogP contribution is -2.07. The number of hydrogen-bond donors (Lipinski definition) is 0. The van der Waals surface area contributed by atoms with E-state index in [1.807, 2.05) is 109 Å². The summed E-state index contributed by atoms with van der Waals surface area (Å²) in [6.07, 6.45) is 0. The molecule has 4 aromatic rings. The quantitative estimate of drug-likeness (QED) is 0.239. The van der Waals surface area contributed by atoms with Crippen LogP contribution in [-0.4, -0.2) is 35.7 Å². The van der Waals surface area contributed by atoms with E-state index in [0.717, 1.165) is 65.6 Å². The molecule has 8 heteroatoms. The summed E-state index contributed by atoms with van der Waals surface area (Å²) in [5.41, 5.74) is 5.29. The second-order valence-electron chi connectivity index (χ2n) is 8.70. The lowest BCUT2D eigenvalue weighted by molar-refractivity contribution is 0.415. The maximum Gasteiger partial charge on any atom is 0.136 e. The van der Waals surface area contributed by atoms with E-state index in [2.05, 4.69) is 0 Å². The van der Waals surface area contributed by atoms with Gasteiger partial charge in [-0.1, -0.05) is 60.7 Å². The highest BCUT2D eigenvalue weighted by Crippen LogP contribution is 2.42. The summed E-state index contributed by atoms with van der Waals surface area (Å²) < 4.78 is 10.6. The maximum atomic E-state index is 5.31. The molecule has 2 aliphatic rings. The molecule has 0 fully saturated rings. The van der Waals surface area contributed by atoms with Crippen molar-refractivity contribution in [2.75, 3.05) is 14.2 Å². The molecule has 0 amide bonds. The number of aliphatic imine (C=N–C) groups is 4. The van der Waals surface area contributed by atoms with E-state index >= 15 is 0 Å². The predicted molar refractivity (Wildman–Crippen MR) is 168 cm³/mol. The third-order valence-electron chi connectivity index (χ3n) is 6.10. The van der Waals surface area contributed by atoms with E-state index in [4.69, 9.17) is 29.4 Å². The Labute approximate surface area is 241 Å². The van der Waals surface area contributed by atoms with Crippen molar-refractivity contribution in [1.29, 1.82) is 0 Å². The van der Waals surface area contributed by atoms with Gasteiger partial charge in [-0.15, -0.1) is 0 Å². The highest BCUT2D eigenvalue weighted by molar-refractivity contribution is 8.22. The van der Waals surface area contributed by atoms with Gasteiger partial charge >= 0.3 is 0 Å². The molecule has 6 nitrogen and oxygen atoms in total. The lowest BCUT2D eigenvalue weighted by Gasteiger charge is -2.03. The third kappa shape index (κ3) is 5.64. The van der Waals surface area contributed by atoms with Gasteiger partial charge < -0.3 is 9.47 Å². The average molecular weight is 561 g/mol. The molecule has 0 spiro atoms. The van der Waals surface area contributed by atoms with Gasteiger partial charge in [-0.05, 0) is 72.1 Å². The van der Waals surface area contributed by atoms with Gasteiger partial charge in [0.2, 0.25) is 0 Å². The molecule has 196 valence electrons. The summed E-state index contributed by atoms with van der Waals surface area (Å²) in [4.78, 5) is 20.0. The molecule has 0 N–H and O–H groups in total. The van der Waals surface area contributed by atoms with E-state index < -0.39 is 0 Å². The molecular formula is C32H24N4O2S2. The Balaban J connectivity index is 1.42. The molecular weight excluding hydrogens is 537 g/mol. The van der Waals surface area contributed by atoms with Crippen molar-refractivity contribution in [3.05, 3.63) is 130 Å². The van der Waals surface area contributed by atoms with Crippen molar-refractivity contribution in [2.24, 2.45) is 20.0 Å². The molecule has 0 radical (unpaired) electrons. The van der Waals surface area contributed by atoms with Crippen LogP contribution in [0.4, 0.5) is 11.4 Å². The van der Waals surface area contributed by atoms with E-state index in [1.54, 1.807) is 14.2 Å². The monoisotopic (exact) mass is 560 g/mol. The first-order valence-electron chi connectivity index (χ1n) is 12.5. The minimum atomic E-state index is 0.789. The first-order valence-corrected chi connectivity index (χ1v) is 14.2. The Morgan fingerprint density at radius 1 is 0.500 bits per heavy atom. The van der Waals surface area contributed by atoms with Crippen LogP contribution in [0.3, 0.4) is 0 Å². The van der Waals surface area contributed by atoms with Crippen LogP contribution in [0.1, 0.15) is 11.1 Å². The molecule has 0 saturated heterocycles. The fourth-order valence-corrected chi connectivity index (χ4v) is 6.05. The van der Waals surface area contributed by atoms with Gasteiger partial charge in [-0.25, -0.2) is 20.0 Å². The van der Waals surface area contributed by atoms with Crippen molar-refractivity contribution in [3.63, 3.8) is 0 Å². The molecule has 2 heterocycles. The first kappa shape index (κ1) is 25.9. The normalized spacial score (nSPS) is 18.6. The van der Waals surface area contributed by atoms with Crippen LogP contribution < -0.4 is 9.47 Å². The Hall–Kier alpha value is -4.40. The van der Waals surface area contributed by atoms with Gasteiger partial charge in [0.15, 0.2) is 0 Å². The summed E-state index contributed by atoms with van der Waals surface area (Å²) in [6.45, 7) is 0. The average Bonchev–Trinajstić information content (AvgIpc) is 3.63. The van der Waals surface area contributed by atoms with E-state index in [-0.39, 0.29) is 0 Å². The summed E-state index contributed by atoms with van der Waals surface area (Å²) in [5.74, 6) is 1.58. The highest BCUT2D eigenvalue weighted by Gasteiger charge is 2.30. The largest absolute Gasteiger partial charge is 0.497 e. The van der Waals surface area contributed by atoms with Crippen LogP contribution in [0.2, 0.25) is 0 Å². The maximum absolute atomic E-state index is 5.31. The standard InChI is InChI=1S/C32H24N4O2S2/c1-37-25-17-13-23(14-18-25)33-29-27(21-9-5-3-6-10-21)35-31(39-29)32-36-28(22-11-7-4-8-12-22)30(40-32)34-24-15-19-26(38-2)20-16-24/h3-20H,1-2H3/b32-31+,33-29?,34-30?. The minimum absolute atomic E-state index is 0.789. The molecule has 0 bridgehead atoms. The number of nitrogens with zero attached hydrogens (tertiary/aromatic N) is 4. The van der Waals surface area contributed by atoms with Gasteiger partial charge in [0.1, 0.15) is 43.1 Å². The van der Waals surface area contributed by atoms with Crippen molar-refractivity contribution < 1.29 is 9.47 Å². The molecule has 0 saturated carbocycles. The number of thioether (sulfide) groups is 2. The minimum Gasteiger partial charge on any atom is -0.497 e. The molecule has 0 unspecified atom stereocenters. The SMILES string of the molecule is COc1ccc(N=C2S/C(=C3\N=C(c4ccccc4)C(=Nc4ccc(OC)cc4)S3)N=C2c2ccccc2)cc1. The number of methoxy groups -OCH3 is 2. The van der Waals surface area contributed by atoms with Crippen LogP contribution in [0.15, 0.2) is 139 Å². The Morgan fingerprint density at radius 3 is 1.23 bits per heavy atom. The molecule has 4 aromatic carbocycles. The van der Waals surface area contributed by atoms with Crippen molar-refractivity contribution in [2.45, 2.75) is 0 Å². The number of benzene rings is 4. The van der Waals surface area contributed by atoms with E-state index in [9.17, 15) is 0 Å². The van der Waals surface area contributed by atoms with E-state index in [1.165, 1.54) is 23.5 Å². The zero-order chi connectivity index (χ0) is 27.3. The third-order valence-corrected chi connectivity index (χ3v) is 8.14. The van der Waals surface area contributed by atoms with Gasteiger partial charge in [0.05, 0.1) is 25.6 Å². The fraction of sp³-hybridized carbons (Fsp3) is 0.0625. The Kier molecular flexibility index (Phi) is 7.61. The summed E-state index contributed by atoms with van der Waals surface area (Å²) in [7, 11) is 3.31. The smallest absolute Gasteiger partial charge is 0.136 e. The lowest BCUT2D eigenvalue weighted by atomic mass is 10.1. The first-order chi connectivity index (χ1) is 19.7. The molecule has 0 atom stereocenters. The second kappa shape index (κ2) is 11.8. The molecule has 0 aliphatic carbocycles. The van der Waals surface area contributed by atoms with Crippen LogP contribution in [0.5, 0.6) is 11.5 Å². The van der Waals surface area contributed by atoms with E-state index in [0.29, 0.717) is 0 Å².